The largest absolute Gasteiger partial charge is 0.381 e. The van der Waals surface area contributed by atoms with E-state index in [-0.39, 0.29) is 29.4 Å². The number of aryl methyl sites for hydroxylation is 1. The van der Waals surface area contributed by atoms with Crippen LogP contribution >= 0.6 is 0 Å². The van der Waals surface area contributed by atoms with Gasteiger partial charge >= 0.3 is 5.69 Å². The Morgan fingerprint density at radius 2 is 1.74 bits per heavy atom. The van der Waals surface area contributed by atoms with Crippen molar-refractivity contribution >= 4 is 11.2 Å². The molecule has 0 aromatic carbocycles. The summed E-state index contributed by atoms with van der Waals surface area (Å²) in [5.74, 6) is 0.143. The molecule has 126 valence electrons. The van der Waals surface area contributed by atoms with E-state index in [0.717, 1.165) is 17.4 Å². The van der Waals surface area contributed by atoms with E-state index < -0.39 is 0 Å². The van der Waals surface area contributed by atoms with Crippen molar-refractivity contribution in [2.45, 2.75) is 31.6 Å². The molecular formula is C15H22N4O4. The monoisotopic (exact) mass is 322 g/mol. The van der Waals surface area contributed by atoms with Gasteiger partial charge in [-0.3, -0.25) is 13.9 Å². The molecule has 3 rings (SSSR count). The Hall–Kier alpha value is -1.93. The molecule has 0 N–H and O–H groups in total. The molecule has 0 spiro atoms. The number of nitrogens with zero attached hydrogens (tertiary/aromatic N) is 4. The van der Waals surface area contributed by atoms with Crippen molar-refractivity contribution in [1.29, 1.82) is 0 Å². The van der Waals surface area contributed by atoms with Crippen LogP contribution in [0.25, 0.3) is 11.2 Å². The SMILES string of the molecule is COC1CCC(OC)C1Cn1cnc2c1c(=O)n(C)c(=O)n2C. The number of hydrogen-bond acceptors (Lipinski definition) is 5. The highest BCUT2D eigenvalue weighted by Gasteiger charge is 2.37. The lowest BCUT2D eigenvalue weighted by atomic mass is 10.0. The first-order valence-electron chi connectivity index (χ1n) is 7.66. The first-order chi connectivity index (χ1) is 11.0. The van der Waals surface area contributed by atoms with Crippen LogP contribution in [0.5, 0.6) is 0 Å². The van der Waals surface area contributed by atoms with Crippen molar-refractivity contribution in [2.24, 2.45) is 20.0 Å². The minimum absolute atomic E-state index is 0.0915. The van der Waals surface area contributed by atoms with Gasteiger partial charge in [0.1, 0.15) is 0 Å². The van der Waals surface area contributed by atoms with Gasteiger partial charge in [-0.05, 0) is 12.8 Å². The zero-order chi connectivity index (χ0) is 16.7. The van der Waals surface area contributed by atoms with E-state index in [1.807, 2.05) is 4.57 Å². The van der Waals surface area contributed by atoms with Crippen LogP contribution in [0.4, 0.5) is 0 Å². The van der Waals surface area contributed by atoms with Gasteiger partial charge in [-0.1, -0.05) is 0 Å². The lowest BCUT2D eigenvalue weighted by Gasteiger charge is -2.23. The fraction of sp³-hybridized carbons (Fsp3) is 0.667. The van der Waals surface area contributed by atoms with Gasteiger partial charge in [-0.25, -0.2) is 9.78 Å². The molecule has 2 aromatic rings. The summed E-state index contributed by atoms with van der Waals surface area (Å²) < 4.78 is 15.4. The Morgan fingerprint density at radius 3 is 2.30 bits per heavy atom. The van der Waals surface area contributed by atoms with Gasteiger partial charge in [-0.2, -0.15) is 0 Å². The van der Waals surface area contributed by atoms with E-state index in [9.17, 15) is 9.59 Å². The van der Waals surface area contributed by atoms with E-state index in [2.05, 4.69) is 4.98 Å². The van der Waals surface area contributed by atoms with Gasteiger partial charge < -0.3 is 14.0 Å². The number of aromatic nitrogens is 4. The molecule has 0 amide bonds. The molecule has 1 fully saturated rings. The van der Waals surface area contributed by atoms with E-state index in [4.69, 9.17) is 9.47 Å². The van der Waals surface area contributed by atoms with E-state index in [1.165, 1.54) is 11.6 Å². The van der Waals surface area contributed by atoms with E-state index in [1.54, 1.807) is 27.6 Å². The molecule has 2 heterocycles. The van der Waals surface area contributed by atoms with Crippen molar-refractivity contribution in [3.63, 3.8) is 0 Å². The second-order valence-electron chi connectivity index (χ2n) is 6.06. The molecule has 1 saturated carbocycles. The van der Waals surface area contributed by atoms with Crippen molar-refractivity contribution in [2.75, 3.05) is 14.2 Å². The Morgan fingerprint density at radius 1 is 1.13 bits per heavy atom. The Bertz CT molecular complexity index is 822. The van der Waals surface area contributed by atoms with Crippen molar-refractivity contribution in [3.8, 4) is 0 Å². The molecule has 0 radical (unpaired) electrons. The van der Waals surface area contributed by atoms with E-state index in [0.29, 0.717) is 17.7 Å². The van der Waals surface area contributed by atoms with Gasteiger partial charge in [0.25, 0.3) is 5.56 Å². The van der Waals surface area contributed by atoms with Crippen molar-refractivity contribution in [1.82, 2.24) is 18.7 Å². The third kappa shape index (κ3) is 2.42. The van der Waals surface area contributed by atoms with Crippen LogP contribution in [0, 0.1) is 5.92 Å². The van der Waals surface area contributed by atoms with Crippen LogP contribution in [0.3, 0.4) is 0 Å². The zero-order valence-electron chi connectivity index (χ0n) is 13.9. The number of fused-ring (bicyclic) bond motifs is 1. The number of methoxy groups -OCH3 is 2. The summed E-state index contributed by atoms with van der Waals surface area (Å²) in [6, 6.07) is 0. The zero-order valence-corrected chi connectivity index (χ0v) is 13.9. The predicted molar refractivity (Wildman–Crippen MR) is 84.5 cm³/mol. The third-order valence-corrected chi connectivity index (χ3v) is 4.92. The Labute approximate surface area is 133 Å². The fourth-order valence-electron chi connectivity index (χ4n) is 3.58. The van der Waals surface area contributed by atoms with Crippen LogP contribution in [0.2, 0.25) is 0 Å². The van der Waals surface area contributed by atoms with Gasteiger partial charge in [0, 0.05) is 40.8 Å². The summed E-state index contributed by atoms with van der Waals surface area (Å²) in [5.41, 5.74) is 0.130. The molecule has 1 aliphatic carbocycles. The van der Waals surface area contributed by atoms with E-state index >= 15 is 0 Å². The van der Waals surface area contributed by atoms with Gasteiger partial charge in [0.2, 0.25) is 0 Å². The summed E-state index contributed by atoms with van der Waals surface area (Å²) in [6.45, 7) is 0.570. The maximum atomic E-state index is 12.5. The van der Waals surface area contributed by atoms with Crippen LogP contribution in [0.15, 0.2) is 15.9 Å². The number of rotatable bonds is 4. The predicted octanol–water partition coefficient (Wildman–Crippen LogP) is -0.126. The highest BCUT2D eigenvalue weighted by Crippen LogP contribution is 2.32. The smallest absolute Gasteiger partial charge is 0.332 e. The molecule has 0 saturated heterocycles. The minimum Gasteiger partial charge on any atom is -0.381 e. The van der Waals surface area contributed by atoms with Gasteiger partial charge in [-0.15, -0.1) is 0 Å². The second-order valence-corrected chi connectivity index (χ2v) is 6.06. The molecule has 8 nitrogen and oxygen atoms in total. The quantitative estimate of drug-likeness (QED) is 0.783. The summed E-state index contributed by atoms with van der Waals surface area (Å²) in [6.07, 6.45) is 3.66. The topological polar surface area (TPSA) is 80.3 Å². The molecule has 2 unspecified atom stereocenters. The lowest BCUT2D eigenvalue weighted by molar-refractivity contribution is 0.00518. The average Bonchev–Trinajstić information content (AvgIpc) is 3.15. The summed E-state index contributed by atoms with van der Waals surface area (Å²) in [5, 5.41) is 0. The van der Waals surface area contributed by atoms with Crippen molar-refractivity contribution in [3.05, 3.63) is 27.2 Å². The van der Waals surface area contributed by atoms with Crippen LogP contribution in [-0.2, 0) is 30.1 Å². The molecule has 8 heteroatoms. The second kappa shape index (κ2) is 5.93. The Balaban J connectivity index is 2.08. The normalized spacial score (nSPS) is 24.6. The first-order valence-corrected chi connectivity index (χ1v) is 7.66. The minimum atomic E-state index is -0.377. The van der Waals surface area contributed by atoms with Crippen LogP contribution < -0.4 is 11.2 Å². The first kappa shape index (κ1) is 15.9. The van der Waals surface area contributed by atoms with Crippen molar-refractivity contribution < 1.29 is 9.47 Å². The summed E-state index contributed by atoms with van der Waals surface area (Å²) in [7, 11) is 6.49. The highest BCUT2D eigenvalue weighted by molar-refractivity contribution is 5.69. The van der Waals surface area contributed by atoms with Gasteiger partial charge in [0.15, 0.2) is 11.2 Å². The summed E-state index contributed by atoms with van der Waals surface area (Å²) in [4.78, 5) is 28.7. The lowest BCUT2D eigenvalue weighted by Crippen LogP contribution is -2.38. The highest BCUT2D eigenvalue weighted by atomic mass is 16.5. The number of hydrogen-bond donors (Lipinski definition) is 0. The molecule has 0 aliphatic heterocycles. The molecule has 2 aromatic heterocycles. The summed E-state index contributed by atoms with van der Waals surface area (Å²) >= 11 is 0. The maximum Gasteiger partial charge on any atom is 0.332 e. The number of imidazole rings is 1. The standard InChI is InChI=1S/C15H22N4O4/c1-17-13-12(14(20)18(2)15(17)21)19(8-16-13)7-9-10(22-3)5-6-11(9)23-4/h8-11H,5-7H2,1-4H3. The number of ether oxygens (including phenoxy) is 2. The Kier molecular flexibility index (Phi) is 4.11. The molecular weight excluding hydrogens is 300 g/mol. The molecule has 1 aliphatic rings. The maximum absolute atomic E-state index is 12.5. The average molecular weight is 322 g/mol. The molecule has 2 atom stereocenters. The molecule has 0 bridgehead atoms. The third-order valence-electron chi connectivity index (χ3n) is 4.92. The molecule has 23 heavy (non-hydrogen) atoms. The fourth-order valence-corrected chi connectivity index (χ4v) is 3.58. The van der Waals surface area contributed by atoms with Crippen LogP contribution in [-0.4, -0.2) is 45.1 Å². The van der Waals surface area contributed by atoms with Gasteiger partial charge in [0.05, 0.1) is 18.5 Å². The van der Waals surface area contributed by atoms with Crippen LogP contribution in [0.1, 0.15) is 12.8 Å².